The van der Waals surface area contributed by atoms with Crippen molar-refractivity contribution in [3.8, 4) is 11.1 Å². The summed E-state index contributed by atoms with van der Waals surface area (Å²) < 4.78 is 2.55. The van der Waals surface area contributed by atoms with Gasteiger partial charge in [-0.1, -0.05) is 158 Å². The molecule has 0 radical (unpaired) electrons. The largest absolute Gasteiger partial charge is 0.308 e. The van der Waals surface area contributed by atoms with E-state index >= 15 is 0 Å². The Morgan fingerprint density at radius 2 is 0.860 bits per heavy atom. The van der Waals surface area contributed by atoms with Crippen LogP contribution in [-0.2, 0) is 0 Å². The lowest BCUT2D eigenvalue weighted by molar-refractivity contribution is 1.24. The quantitative estimate of drug-likeness (QED) is 0.160. The van der Waals surface area contributed by atoms with Crippen LogP contribution < -0.4 is 9.80 Å². The monoisotopic (exact) mass is 744 g/mol. The smallest absolute Gasteiger partial charge is 0.0796 e. The van der Waals surface area contributed by atoms with Crippen LogP contribution in [0.1, 0.15) is 0 Å². The first-order valence-electron chi connectivity index (χ1n) is 19.4. The van der Waals surface area contributed by atoms with Gasteiger partial charge < -0.3 is 9.80 Å². The fourth-order valence-corrected chi connectivity index (χ4v) is 9.71. The van der Waals surface area contributed by atoms with Crippen LogP contribution in [0.25, 0.3) is 63.6 Å². The maximum atomic E-state index is 2.49. The van der Waals surface area contributed by atoms with Gasteiger partial charge in [0, 0.05) is 42.9 Å². The van der Waals surface area contributed by atoms with Gasteiger partial charge in [0.2, 0.25) is 0 Å². The molecule has 1 aromatic heterocycles. The molecule has 0 saturated heterocycles. The second-order valence-corrected chi connectivity index (χ2v) is 15.6. The third-order valence-electron chi connectivity index (χ3n) is 11.2. The normalized spacial score (nSPS) is 11.5. The maximum absolute atomic E-state index is 2.49. The van der Waals surface area contributed by atoms with E-state index in [2.05, 4.69) is 228 Å². The minimum absolute atomic E-state index is 1.09. The molecule has 0 aliphatic carbocycles. The predicted octanol–water partition coefficient (Wildman–Crippen LogP) is 16.1. The number of hydrogen-bond acceptors (Lipinski definition) is 3. The van der Waals surface area contributed by atoms with Crippen molar-refractivity contribution >= 4 is 98.0 Å². The van der Waals surface area contributed by atoms with Crippen LogP contribution in [0.5, 0.6) is 0 Å². The first-order valence-corrected chi connectivity index (χ1v) is 20.2. The van der Waals surface area contributed by atoms with Crippen LogP contribution in [0.15, 0.2) is 218 Å². The van der Waals surface area contributed by atoms with Crippen molar-refractivity contribution in [2.24, 2.45) is 0 Å². The zero-order valence-electron chi connectivity index (χ0n) is 31.1. The van der Waals surface area contributed by atoms with Gasteiger partial charge in [0.05, 0.1) is 11.4 Å². The molecule has 0 spiro atoms. The Labute approximate surface area is 335 Å². The average molecular weight is 745 g/mol. The molecule has 0 atom stereocenters. The minimum Gasteiger partial charge on any atom is -0.308 e. The van der Waals surface area contributed by atoms with E-state index in [4.69, 9.17) is 0 Å². The van der Waals surface area contributed by atoms with Crippen molar-refractivity contribution in [2.45, 2.75) is 0 Å². The van der Waals surface area contributed by atoms with Crippen LogP contribution in [0.3, 0.4) is 0 Å². The van der Waals surface area contributed by atoms with E-state index in [1.54, 1.807) is 0 Å². The maximum Gasteiger partial charge on any atom is 0.0796 e. The summed E-state index contributed by atoms with van der Waals surface area (Å²) in [5.41, 5.74) is 8.96. The fraction of sp³-hybridized carbons (Fsp3) is 0. The van der Waals surface area contributed by atoms with E-state index < -0.39 is 0 Å². The number of thiophene rings is 1. The molecule has 11 aromatic rings. The Balaban J connectivity index is 1.28. The van der Waals surface area contributed by atoms with Crippen LogP contribution in [0, 0.1) is 0 Å². The summed E-state index contributed by atoms with van der Waals surface area (Å²) in [5.74, 6) is 0. The predicted molar refractivity (Wildman–Crippen MR) is 247 cm³/mol. The molecule has 0 amide bonds. The number of para-hydroxylation sites is 1. The van der Waals surface area contributed by atoms with Crippen molar-refractivity contribution in [3.63, 3.8) is 0 Å². The summed E-state index contributed by atoms with van der Waals surface area (Å²) in [7, 11) is 0. The second kappa shape index (κ2) is 13.8. The average Bonchev–Trinajstić information content (AvgIpc) is 3.67. The summed E-state index contributed by atoms with van der Waals surface area (Å²) in [4.78, 5) is 4.95. The Morgan fingerprint density at radius 3 is 1.58 bits per heavy atom. The van der Waals surface area contributed by atoms with Gasteiger partial charge in [-0.05, 0) is 104 Å². The van der Waals surface area contributed by atoms with Gasteiger partial charge in [-0.3, -0.25) is 0 Å². The SMILES string of the molecule is c1ccc(-c2cccc(N(c3ccc4ccccc4c3)c3ccc4sc5c6ccccc6ccc5c4c3N(c3ccccc3)c3ccc4ccccc4c3)c2)cc1. The van der Waals surface area contributed by atoms with Gasteiger partial charge in [0.1, 0.15) is 0 Å². The molecule has 2 nitrogen and oxygen atoms in total. The third-order valence-corrected chi connectivity index (χ3v) is 12.4. The van der Waals surface area contributed by atoms with Crippen LogP contribution >= 0.6 is 11.3 Å². The highest BCUT2D eigenvalue weighted by atomic mass is 32.1. The Kier molecular flexibility index (Phi) is 8.04. The number of nitrogens with zero attached hydrogens (tertiary/aromatic N) is 2. The molecule has 0 bridgehead atoms. The van der Waals surface area contributed by atoms with Gasteiger partial charge in [0.15, 0.2) is 0 Å². The first kappa shape index (κ1) is 33.2. The molecule has 3 heteroatoms. The van der Waals surface area contributed by atoms with Gasteiger partial charge in [-0.2, -0.15) is 0 Å². The minimum atomic E-state index is 1.09. The number of anilines is 6. The summed E-state index contributed by atoms with van der Waals surface area (Å²) in [6.07, 6.45) is 0. The summed E-state index contributed by atoms with van der Waals surface area (Å²) in [6, 6.07) is 79.6. The standard InChI is InChI=1S/C54H36N2S/c1-3-14-37(15-4-1)43-21-13-24-45(34-43)55(46-29-26-38-16-7-9-19-41(38)35-46)50-32-33-51-52(49-31-28-40-18-11-12-25-48(40)54(49)57-51)53(50)56(44-22-5-2-6-23-44)47-30-27-39-17-8-10-20-42(39)36-47/h1-36H. The summed E-state index contributed by atoms with van der Waals surface area (Å²) in [6.45, 7) is 0. The lowest BCUT2D eigenvalue weighted by Crippen LogP contribution is -2.17. The van der Waals surface area contributed by atoms with Gasteiger partial charge in [-0.15, -0.1) is 11.3 Å². The van der Waals surface area contributed by atoms with E-state index in [0.717, 1.165) is 34.1 Å². The van der Waals surface area contributed by atoms with Crippen molar-refractivity contribution in [2.75, 3.05) is 9.80 Å². The second-order valence-electron chi connectivity index (χ2n) is 14.6. The molecule has 0 unspecified atom stereocenters. The van der Waals surface area contributed by atoms with E-state index in [-0.39, 0.29) is 0 Å². The van der Waals surface area contributed by atoms with Crippen LogP contribution in [-0.4, -0.2) is 0 Å². The van der Waals surface area contributed by atoms with Crippen LogP contribution in [0.4, 0.5) is 34.1 Å². The molecule has 0 aliphatic heterocycles. The van der Waals surface area contributed by atoms with Crippen molar-refractivity contribution < 1.29 is 0 Å². The number of fused-ring (bicyclic) bond motifs is 7. The highest BCUT2D eigenvalue weighted by Crippen LogP contribution is 2.53. The Morgan fingerprint density at radius 1 is 0.316 bits per heavy atom. The van der Waals surface area contributed by atoms with E-state index in [9.17, 15) is 0 Å². The van der Waals surface area contributed by atoms with Gasteiger partial charge in [-0.25, -0.2) is 0 Å². The lowest BCUT2D eigenvalue weighted by Gasteiger charge is -2.34. The first-order chi connectivity index (χ1) is 28.3. The summed E-state index contributed by atoms with van der Waals surface area (Å²) >= 11 is 1.88. The molecule has 268 valence electrons. The fourth-order valence-electron chi connectivity index (χ4n) is 8.47. The molecule has 0 saturated carbocycles. The van der Waals surface area contributed by atoms with Gasteiger partial charge >= 0.3 is 0 Å². The lowest BCUT2D eigenvalue weighted by atomic mass is 10.0. The highest BCUT2D eigenvalue weighted by Gasteiger charge is 2.27. The number of rotatable bonds is 7. The van der Waals surface area contributed by atoms with Crippen molar-refractivity contribution in [3.05, 3.63) is 218 Å². The molecule has 0 aliphatic rings. The van der Waals surface area contributed by atoms with Crippen molar-refractivity contribution in [1.29, 1.82) is 0 Å². The number of benzene rings is 10. The molecule has 57 heavy (non-hydrogen) atoms. The van der Waals surface area contributed by atoms with Crippen LogP contribution in [0.2, 0.25) is 0 Å². The Bertz CT molecular complexity index is 3260. The molecular formula is C54H36N2S. The van der Waals surface area contributed by atoms with Gasteiger partial charge in [0.25, 0.3) is 0 Å². The zero-order valence-corrected chi connectivity index (χ0v) is 31.9. The zero-order chi connectivity index (χ0) is 37.7. The molecule has 0 fully saturated rings. The summed E-state index contributed by atoms with van der Waals surface area (Å²) in [5, 5.41) is 9.86. The topological polar surface area (TPSA) is 6.48 Å². The molecule has 0 N–H and O–H groups in total. The van der Waals surface area contributed by atoms with E-state index in [0.29, 0.717) is 0 Å². The molecule has 1 heterocycles. The van der Waals surface area contributed by atoms with E-state index in [1.165, 1.54) is 63.6 Å². The number of hydrogen-bond donors (Lipinski definition) is 0. The molecule has 10 aromatic carbocycles. The Hall–Kier alpha value is -7.20. The highest BCUT2D eigenvalue weighted by molar-refractivity contribution is 7.26. The third kappa shape index (κ3) is 5.80. The molecule has 11 rings (SSSR count). The van der Waals surface area contributed by atoms with Crippen molar-refractivity contribution in [1.82, 2.24) is 0 Å². The molecular weight excluding hydrogens is 709 g/mol. The van der Waals surface area contributed by atoms with E-state index in [1.807, 2.05) is 11.3 Å².